The van der Waals surface area contributed by atoms with Crippen molar-refractivity contribution in [1.29, 1.82) is 0 Å². The summed E-state index contributed by atoms with van der Waals surface area (Å²) in [6.07, 6.45) is 2.02. The maximum atomic E-state index is 10.7. The molecule has 0 fully saturated rings. The first-order valence-electron chi connectivity index (χ1n) is 4.95. The third-order valence-electron chi connectivity index (χ3n) is 2.32. The molecule has 7 nitrogen and oxygen atoms in total. The monoisotopic (exact) mass is 228 g/mol. The van der Waals surface area contributed by atoms with Crippen molar-refractivity contribution in [3.63, 3.8) is 0 Å². The summed E-state index contributed by atoms with van der Waals surface area (Å²) in [6, 6.07) is 0. The summed E-state index contributed by atoms with van der Waals surface area (Å²) in [6.45, 7) is 3.94. The number of aryl methyl sites for hydroxylation is 1. The molecule has 0 saturated heterocycles. The SMILES string of the molecule is CCC(C)(N)COc1nn(C)cc1[N+](=O)[O-]. The van der Waals surface area contributed by atoms with E-state index in [4.69, 9.17) is 10.5 Å². The van der Waals surface area contributed by atoms with Crippen LogP contribution in [0.15, 0.2) is 6.20 Å². The Morgan fingerprint density at radius 2 is 2.38 bits per heavy atom. The molecule has 0 amide bonds. The summed E-state index contributed by atoms with van der Waals surface area (Å²) in [4.78, 5) is 10.1. The molecule has 0 bridgehead atoms. The highest BCUT2D eigenvalue weighted by Gasteiger charge is 2.23. The molecule has 16 heavy (non-hydrogen) atoms. The van der Waals surface area contributed by atoms with Gasteiger partial charge in [0.2, 0.25) is 0 Å². The van der Waals surface area contributed by atoms with Gasteiger partial charge in [0.25, 0.3) is 0 Å². The Hall–Kier alpha value is -1.63. The van der Waals surface area contributed by atoms with E-state index < -0.39 is 10.5 Å². The van der Waals surface area contributed by atoms with Crippen molar-refractivity contribution in [2.75, 3.05) is 6.61 Å². The number of nitrogens with two attached hydrogens (primary N) is 1. The van der Waals surface area contributed by atoms with Crippen LogP contribution in [0.3, 0.4) is 0 Å². The van der Waals surface area contributed by atoms with Crippen LogP contribution in [0.5, 0.6) is 5.88 Å². The van der Waals surface area contributed by atoms with Gasteiger partial charge in [0.15, 0.2) is 0 Å². The minimum Gasteiger partial charge on any atom is -0.470 e. The van der Waals surface area contributed by atoms with E-state index in [0.717, 1.165) is 0 Å². The van der Waals surface area contributed by atoms with Crippen molar-refractivity contribution >= 4 is 5.69 Å². The molecule has 90 valence electrons. The fraction of sp³-hybridized carbons (Fsp3) is 0.667. The first-order valence-corrected chi connectivity index (χ1v) is 4.95. The van der Waals surface area contributed by atoms with Gasteiger partial charge in [-0.2, -0.15) is 0 Å². The lowest BCUT2D eigenvalue weighted by molar-refractivity contribution is -0.386. The fourth-order valence-corrected chi connectivity index (χ4v) is 1.02. The van der Waals surface area contributed by atoms with Crippen LogP contribution in [-0.2, 0) is 7.05 Å². The Bertz CT molecular complexity index is 386. The average molecular weight is 228 g/mol. The van der Waals surface area contributed by atoms with Crippen molar-refractivity contribution in [2.45, 2.75) is 25.8 Å². The first-order chi connectivity index (χ1) is 7.35. The number of nitrogens with zero attached hydrogens (tertiary/aromatic N) is 3. The molecule has 1 heterocycles. The highest BCUT2D eigenvalue weighted by Crippen LogP contribution is 2.24. The second-order valence-electron chi connectivity index (χ2n) is 4.05. The standard InChI is InChI=1S/C9H16N4O3/c1-4-9(2,10)6-16-8-7(13(14)15)5-12(3)11-8/h5H,4,6,10H2,1-3H3. The average Bonchev–Trinajstić information content (AvgIpc) is 2.57. The molecular weight excluding hydrogens is 212 g/mol. The van der Waals surface area contributed by atoms with Gasteiger partial charge < -0.3 is 10.5 Å². The lowest BCUT2D eigenvalue weighted by Crippen LogP contribution is -2.41. The molecule has 1 aromatic rings. The van der Waals surface area contributed by atoms with Crippen molar-refractivity contribution < 1.29 is 9.66 Å². The van der Waals surface area contributed by atoms with Crippen LogP contribution in [0.25, 0.3) is 0 Å². The minimum absolute atomic E-state index is 0.0117. The molecule has 0 aliphatic carbocycles. The van der Waals surface area contributed by atoms with E-state index in [0.29, 0.717) is 6.42 Å². The van der Waals surface area contributed by atoms with Crippen molar-refractivity contribution in [1.82, 2.24) is 9.78 Å². The van der Waals surface area contributed by atoms with Gasteiger partial charge in [-0.25, -0.2) is 0 Å². The Morgan fingerprint density at radius 1 is 1.75 bits per heavy atom. The van der Waals surface area contributed by atoms with Gasteiger partial charge in [-0.3, -0.25) is 14.8 Å². The predicted octanol–water partition coefficient (Wildman–Crippen LogP) is 0.834. The number of ether oxygens (including phenoxy) is 1. The molecule has 7 heteroatoms. The van der Waals surface area contributed by atoms with Gasteiger partial charge >= 0.3 is 11.6 Å². The zero-order chi connectivity index (χ0) is 12.3. The number of rotatable bonds is 5. The summed E-state index contributed by atoms with van der Waals surface area (Å²) in [5.41, 5.74) is 5.21. The topological polar surface area (TPSA) is 96.2 Å². The number of nitro groups is 1. The highest BCUT2D eigenvalue weighted by atomic mass is 16.6. The predicted molar refractivity (Wildman–Crippen MR) is 58.2 cm³/mol. The molecule has 1 atom stereocenters. The van der Waals surface area contributed by atoms with Crippen LogP contribution < -0.4 is 10.5 Å². The summed E-state index contributed by atoms with van der Waals surface area (Å²) in [5.74, 6) is 0.0117. The Morgan fingerprint density at radius 3 is 2.88 bits per heavy atom. The molecule has 0 spiro atoms. The van der Waals surface area contributed by atoms with Gasteiger partial charge in [-0.1, -0.05) is 6.92 Å². The summed E-state index contributed by atoms with van der Waals surface area (Å²) in [5, 5.41) is 14.5. The highest BCUT2D eigenvalue weighted by molar-refractivity contribution is 5.38. The van der Waals surface area contributed by atoms with E-state index >= 15 is 0 Å². The van der Waals surface area contributed by atoms with E-state index in [1.807, 2.05) is 13.8 Å². The summed E-state index contributed by atoms with van der Waals surface area (Å²) >= 11 is 0. The maximum Gasteiger partial charge on any atom is 0.350 e. The van der Waals surface area contributed by atoms with Crippen molar-refractivity contribution in [3.05, 3.63) is 16.3 Å². The van der Waals surface area contributed by atoms with E-state index in [9.17, 15) is 10.1 Å². The van der Waals surface area contributed by atoms with Gasteiger partial charge in [0, 0.05) is 12.6 Å². The van der Waals surface area contributed by atoms with Gasteiger partial charge in [0.05, 0.1) is 4.92 Å². The zero-order valence-electron chi connectivity index (χ0n) is 9.64. The Kier molecular flexibility index (Phi) is 3.48. The van der Waals surface area contributed by atoms with Crippen LogP contribution in [-0.4, -0.2) is 26.8 Å². The van der Waals surface area contributed by atoms with E-state index in [1.165, 1.54) is 10.9 Å². The van der Waals surface area contributed by atoms with Crippen molar-refractivity contribution in [2.24, 2.45) is 12.8 Å². The maximum absolute atomic E-state index is 10.7. The largest absolute Gasteiger partial charge is 0.470 e. The summed E-state index contributed by atoms with van der Waals surface area (Å²) < 4.78 is 6.62. The van der Waals surface area contributed by atoms with Crippen LogP contribution >= 0.6 is 0 Å². The van der Waals surface area contributed by atoms with Crippen LogP contribution in [0, 0.1) is 10.1 Å². The molecular formula is C9H16N4O3. The van der Waals surface area contributed by atoms with Crippen molar-refractivity contribution in [3.8, 4) is 5.88 Å². The molecule has 1 aromatic heterocycles. The quantitative estimate of drug-likeness (QED) is 0.594. The summed E-state index contributed by atoms with van der Waals surface area (Å²) in [7, 11) is 1.60. The number of aromatic nitrogens is 2. The number of hydrogen-bond acceptors (Lipinski definition) is 5. The van der Waals surface area contributed by atoms with E-state index in [2.05, 4.69) is 5.10 Å². The Labute approximate surface area is 93.3 Å². The molecule has 0 saturated carbocycles. The lowest BCUT2D eigenvalue weighted by Gasteiger charge is -2.21. The second kappa shape index (κ2) is 4.48. The first kappa shape index (κ1) is 12.4. The molecule has 0 aromatic carbocycles. The van der Waals surface area contributed by atoms with Crippen LogP contribution in [0.1, 0.15) is 20.3 Å². The number of hydrogen-bond donors (Lipinski definition) is 1. The van der Waals surface area contributed by atoms with Gasteiger partial charge in [-0.15, -0.1) is 5.10 Å². The molecule has 1 unspecified atom stereocenters. The van der Waals surface area contributed by atoms with E-state index in [-0.39, 0.29) is 18.2 Å². The zero-order valence-corrected chi connectivity index (χ0v) is 9.64. The fourth-order valence-electron chi connectivity index (χ4n) is 1.02. The molecule has 1 rings (SSSR count). The molecule has 0 radical (unpaired) electrons. The van der Waals surface area contributed by atoms with Gasteiger partial charge in [0.1, 0.15) is 12.8 Å². The van der Waals surface area contributed by atoms with E-state index in [1.54, 1.807) is 7.05 Å². The second-order valence-corrected chi connectivity index (χ2v) is 4.05. The Balaban J connectivity index is 2.77. The van der Waals surface area contributed by atoms with Gasteiger partial charge in [-0.05, 0) is 13.3 Å². The smallest absolute Gasteiger partial charge is 0.350 e. The third-order valence-corrected chi connectivity index (χ3v) is 2.32. The molecule has 0 aliphatic rings. The third kappa shape index (κ3) is 2.93. The normalized spacial score (nSPS) is 14.5. The molecule has 0 aliphatic heterocycles. The molecule has 2 N–H and O–H groups in total. The van der Waals surface area contributed by atoms with Crippen LogP contribution in [0.2, 0.25) is 0 Å². The van der Waals surface area contributed by atoms with Crippen LogP contribution in [0.4, 0.5) is 5.69 Å². The lowest BCUT2D eigenvalue weighted by atomic mass is 10.0. The minimum atomic E-state index is -0.526.